The molecule has 0 aliphatic heterocycles. The number of nitrogens with one attached hydrogen (secondary N) is 3. The van der Waals surface area contributed by atoms with Crippen LogP contribution >= 0.6 is 12.6 Å². The van der Waals surface area contributed by atoms with E-state index in [9.17, 15) is 29.4 Å². The number of hydrogen-bond acceptors (Lipinski definition) is 8. The summed E-state index contributed by atoms with van der Waals surface area (Å²) in [5.41, 5.74) is 12.7. The van der Waals surface area contributed by atoms with Gasteiger partial charge in [-0.1, -0.05) is 48.9 Å². The van der Waals surface area contributed by atoms with Crippen LogP contribution in [-0.2, 0) is 32.0 Å². The Balaban J connectivity index is 2.14. The Kier molecular flexibility index (Phi) is 13.3. The van der Waals surface area contributed by atoms with E-state index in [0.29, 0.717) is 24.9 Å². The van der Waals surface area contributed by atoms with Crippen LogP contribution in [0.5, 0.6) is 5.75 Å². The van der Waals surface area contributed by atoms with Crippen molar-refractivity contribution in [3.8, 4) is 5.75 Å². The molecule has 0 saturated carbocycles. The lowest BCUT2D eigenvalue weighted by atomic mass is 10.0. The Morgan fingerprint density at radius 2 is 1.31 bits per heavy atom. The second-order valence-electron chi connectivity index (χ2n) is 9.16. The fourth-order valence-electron chi connectivity index (χ4n) is 3.78. The molecule has 0 bridgehead atoms. The minimum atomic E-state index is -1.29. The van der Waals surface area contributed by atoms with Crippen LogP contribution in [0.25, 0.3) is 0 Å². The smallest absolute Gasteiger partial charge is 0.326 e. The van der Waals surface area contributed by atoms with Crippen molar-refractivity contribution in [1.82, 2.24) is 16.0 Å². The number of carbonyl (C=O) groups excluding carboxylic acids is 3. The summed E-state index contributed by atoms with van der Waals surface area (Å²) in [5.74, 6) is -3.17. The van der Waals surface area contributed by atoms with E-state index in [2.05, 4.69) is 28.6 Å². The number of phenols is 1. The maximum absolute atomic E-state index is 13.3. The van der Waals surface area contributed by atoms with Crippen LogP contribution in [0.2, 0.25) is 0 Å². The van der Waals surface area contributed by atoms with Crippen LogP contribution < -0.4 is 27.4 Å². The molecule has 2 aromatic carbocycles. The van der Waals surface area contributed by atoms with E-state index in [1.54, 1.807) is 42.5 Å². The summed E-state index contributed by atoms with van der Waals surface area (Å²) in [5, 5.41) is 26.9. The van der Waals surface area contributed by atoms with E-state index in [1.807, 2.05) is 0 Å². The van der Waals surface area contributed by atoms with Crippen molar-refractivity contribution in [1.29, 1.82) is 0 Å². The van der Waals surface area contributed by atoms with Crippen LogP contribution in [-0.4, -0.2) is 70.4 Å². The number of carboxylic acids is 1. The molecular weight excluding hydrogens is 522 g/mol. The number of amides is 3. The Labute approximate surface area is 233 Å². The fraction of sp³-hybridized carbons (Fsp3) is 0.407. The van der Waals surface area contributed by atoms with Gasteiger partial charge in [0, 0.05) is 18.6 Å². The maximum Gasteiger partial charge on any atom is 0.326 e. The minimum Gasteiger partial charge on any atom is -0.508 e. The molecule has 3 amide bonds. The monoisotopic (exact) mass is 559 g/mol. The lowest BCUT2D eigenvalue weighted by Gasteiger charge is -2.25. The van der Waals surface area contributed by atoms with Crippen LogP contribution in [0, 0.1) is 0 Å². The van der Waals surface area contributed by atoms with Crippen molar-refractivity contribution in [2.45, 2.75) is 56.3 Å². The van der Waals surface area contributed by atoms with Gasteiger partial charge in [-0.3, -0.25) is 14.4 Å². The predicted octanol–water partition coefficient (Wildman–Crippen LogP) is 0.103. The van der Waals surface area contributed by atoms with Crippen molar-refractivity contribution in [3.05, 3.63) is 65.7 Å². The molecule has 0 saturated heterocycles. The van der Waals surface area contributed by atoms with Crippen molar-refractivity contribution in [3.63, 3.8) is 0 Å². The summed E-state index contributed by atoms with van der Waals surface area (Å²) in [6, 6.07) is 10.5. The lowest BCUT2D eigenvalue weighted by Crippen LogP contribution is -2.58. The number of aliphatic carboxylic acids is 1. The second-order valence-corrected chi connectivity index (χ2v) is 9.52. The normalized spacial score (nSPS) is 13.9. The van der Waals surface area contributed by atoms with Gasteiger partial charge in [-0.25, -0.2) is 4.79 Å². The molecule has 0 aromatic heterocycles. The summed E-state index contributed by atoms with van der Waals surface area (Å²) in [4.78, 5) is 50.8. The van der Waals surface area contributed by atoms with Crippen LogP contribution in [0.4, 0.5) is 0 Å². The Morgan fingerprint density at radius 1 is 0.769 bits per heavy atom. The van der Waals surface area contributed by atoms with E-state index < -0.39 is 47.9 Å². The van der Waals surface area contributed by atoms with Crippen LogP contribution in [0.3, 0.4) is 0 Å². The standard InChI is InChI=1S/C27H37N5O6S/c28-13-5-4-8-20(29)24(34)32-23(16-39)26(36)30-21(14-17-6-2-1-3-7-17)25(35)31-22(27(37)38)15-18-9-11-19(33)12-10-18/h1-3,6-7,9-12,20-23,33,39H,4-5,8,13-16,28-29H2,(H,30,36)(H,31,35)(H,32,34)(H,37,38). The zero-order valence-electron chi connectivity index (χ0n) is 21.6. The number of carboxylic acid groups (broad SMARTS) is 1. The molecule has 4 unspecified atom stereocenters. The molecule has 0 aliphatic rings. The van der Waals surface area contributed by atoms with Gasteiger partial charge in [-0.05, 0) is 42.6 Å². The van der Waals surface area contributed by atoms with Gasteiger partial charge in [0.2, 0.25) is 17.7 Å². The molecule has 0 radical (unpaired) electrons. The van der Waals surface area contributed by atoms with Crippen molar-refractivity contribution < 1.29 is 29.4 Å². The number of carbonyl (C=O) groups is 4. The maximum atomic E-state index is 13.3. The summed E-state index contributed by atoms with van der Waals surface area (Å²) < 4.78 is 0. The number of benzene rings is 2. The highest BCUT2D eigenvalue weighted by Crippen LogP contribution is 2.12. The second kappa shape index (κ2) is 16.4. The van der Waals surface area contributed by atoms with Crippen LogP contribution in [0.1, 0.15) is 30.4 Å². The summed E-state index contributed by atoms with van der Waals surface area (Å²) in [6.45, 7) is 0.485. The largest absolute Gasteiger partial charge is 0.508 e. The quantitative estimate of drug-likeness (QED) is 0.105. The molecule has 0 heterocycles. The van der Waals surface area contributed by atoms with Gasteiger partial charge >= 0.3 is 5.97 Å². The van der Waals surface area contributed by atoms with Gasteiger partial charge in [0.05, 0.1) is 6.04 Å². The molecule has 2 aromatic rings. The van der Waals surface area contributed by atoms with Gasteiger partial charge < -0.3 is 37.6 Å². The van der Waals surface area contributed by atoms with Gasteiger partial charge in [0.1, 0.15) is 23.9 Å². The fourth-order valence-corrected chi connectivity index (χ4v) is 4.04. The number of phenolic OH excluding ortho intramolecular Hbond substituents is 1. The van der Waals surface area contributed by atoms with Gasteiger partial charge in [-0.15, -0.1) is 0 Å². The molecule has 2 rings (SSSR count). The van der Waals surface area contributed by atoms with Crippen molar-refractivity contribution in [2.75, 3.05) is 12.3 Å². The average Bonchev–Trinajstić information content (AvgIpc) is 2.92. The van der Waals surface area contributed by atoms with Gasteiger partial charge in [0.25, 0.3) is 0 Å². The van der Waals surface area contributed by atoms with Crippen molar-refractivity contribution >= 4 is 36.3 Å². The lowest BCUT2D eigenvalue weighted by molar-refractivity contribution is -0.142. The molecule has 39 heavy (non-hydrogen) atoms. The number of thiol groups is 1. The summed E-state index contributed by atoms with van der Waals surface area (Å²) >= 11 is 4.17. The average molecular weight is 560 g/mol. The van der Waals surface area contributed by atoms with Crippen LogP contribution in [0.15, 0.2) is 54.6 Å². The number of unbranched alkanes of at least 4 members (excludes halogenated alkanes) is 1. The van der Waals surface area contributed by atoms with Crippen molar-refractivity contribution in [2.24, 2.45) is 11.5 Å². The third-order valence-corrected chi connectivity index (χ3v) is 6.39. The number of rotatable bonds is 16. The molecule has 11 nitrogen and oxygen atoms in total. The molecule has 12 heteroatoms. The highest BCUT2D eigenvalue weighted by atomic mass is 32.1. The summed E-state index contributed by atoms with van der Waals surface area (Å²) in [6.07, 6.45) is 1.83. The number of nitrogens with two attached hydrogens (primary N) is 2. The Hall–Kier alpha value is -3.61. The SMILES string of the molecule is NCCCCC(N)C(=O)NC(CS)C(=O)NC(Cc1ccccc1)C(=O)NC(Cc1ccc(O)cc1)C(=O)O. The number of aromatic hydroxyl groups is 1. The molecule has 9 N–H and O–H groups in total. The van der Waals surface area contributed by atoms with E-state index in [-0.39, 0.29) is 24.3 Å². The highest BCUT2D eigenvalue weighted by Gasteiger charge is 2.30. The predicted molar refractivity (Wildman–Crippen MR) is 150 cm³/mol. The first-order valence-electron chi connectivity index (χ1n) is 12.7. The molecular formula is C27H37N5O6S. The first-order valence-corrected chi connectivity index (χ1v) is 13.3. The zero-order valence-corrected chi connectivity index (χ0v) is 22.5. The van der Waals surface area contributed by atoms with E-state index >= 15 is 0 Å². The summed E-state index contributed by atoms with van der Waals surface area (Å²) in [7, 11) is 0. The highest BCUT2D eigenvalue weighted by molar-refractivity contribution is 7.80. The van der Waals surface area contributed by atoms with Gasteiger partial charge in [0.15, 0.2) is 0 Å². The topological polar surface area (TPSA) is 197 Å². The van der Waals surface area contributed by atoms with Gasteiger partial charge in [-0.2, -0.15) is 12.6 Å². The number of hydrogen-bond donors (Lipinski definition) is 8. The van der Waals surface area contributed by atoms with E-state index in [1.165, 1.54) is 12.1 Å². The molecule has 212 valence electrons. The Bertz CT molecular complexity index is 1090. The van der Waals surface area contributed by atoms with E-state index in [0.717, 1.165) is 12.0 Å². The third kappa shape index (κ3) is 11.0. The minimum absolute atomic E-state index is 0.0302. The zero-order chi connectivity index (χ0) is 28.8. The molecule has 0 aliphatic carbocycles. The first-order chi connectivity index (χ1) is 18.6. The van der Waals surface area contributed by atoms with E-state index in [4.69, 9.17) is 11.5 Å². The molecule has 0 spiro atoms. The Morgan fingerprint density at radius 3 is 1.90 bits per heavy atom. The first kappa shape index (κ1) is 31.6. The molecule has 0 fully saturated rings. The molecule has 4 atom stereocenters. The third-order valence-electron chi connectivity index (χ3n) is 6.03.